The van der Waals surface area contributed by atoms with E-state index in [1.807, 2.05) is 28.4 Å². The summed E-state index contributed by atoms with van der Waals surface area (Å²) in [7, 11) is 5.28. The van der Waals surface area contributed by atoms with Crippen LogP contribution in [-0.4, -0.2) is 45.0 Å². The van der Waals surface area contributed by atoms with Gasteiger partial charge in [-0.2, -0.15) is 5.10 Å². The molecule has 8 heteroatoms. The third kappa shape index (κ3) is 3.41. The Bertz CT molecular complexity index is 1040. The molecule has 0 radical (unpaired) electrons. The number of methoxy groups -OCH3 is 2. The van der Waals surface area contributed by atoms with Crippen molar-refractivity contribution in [3.8, 4) is 22.9 Å². The van der Waals surface area contributed by atoms with Crippen LogP contribution in [0.15, 0.2) is 36.7 Å². The second-order valence-corrected chi connectivity index (χ2v) is 7.19. The number of aromatic nitrogens is 4. The highest BCUT2D eigenvalue weighted by molar-refractivity contribution is 7.71. The van der Waals surface area contributed by atoms with E-state index in [0.29, 0.717) is 11.4 Å². The molecule has 0 bridgehead atoms. The highest BCUT2D eigenvalue weighted by Gasteiger charge is 2.21. The minimum atomic E-state index is 0.644. The Hall–Kier alpha value is -2.71. The first kappa shape index (κ1) is 18.6. The van der Waals surface area contributed by atoms with Gasteiger partial charge in [-0.15, -0.1) is 0 Å². The van der Waals surface area contributed by atoms with E-state index in [1.165, 1.54) is 11.1 Å². The standard InChI is InChI=1S/C20H23N5O2S/c1-23-19(14-4-7-21-8-5-14)22-25(20(23)28)13-24-9-6-15-10-17(26-2)18(27-3)11-16(15)12-24/h4-5,7-8,10-11H,6,9,12-13H2,1-3H3. The molecule has 0 fully saturated rings. The van der Waals surface area contributed by atoms with Crippen molar-refractivity contribution in [1.29, 1.82) is 0 Å². The maximum Gasteiger partial charge on any atom is 0.199 e. The van der Waals surface area contributed by atoms with E-state index in [2.05, 4.69) is 22.0 Å². The van der Waals surface area contributed by atoms with Gasteiger partial charge in [-0.3, -0.25) is 9.88 Å². The Balaban J connectivity index is 1.58. The van der Waals surface area contributed by atoms with Gasteiger partial charge < -0.3 is 14.0 Å². The predicted molar refractivity (Wildman–Crippen MR) is 109 cm³/mol. The van der Waals surface area contributed by atoms with E-state index < -0.39 is 0 Å². The number of ether oxygens (including phenoxy) is 2. The van der Waals surface area contributed by atoms with Gasteiger partial charge in [0.2, 0.25) is 0 Å². The fourth-order valence-corrected chi connectivity index (χ4v) is 3.77. The van der Waals surface area contributed by atoms with Crippen molar-refractivity contribution in [3.05, 3.63) is 52.6 Å². The Morgan fingerprint density at radius 1 is 1.07 bits per heavy atom. The molecule has 0 spiro atoms. The molecular formula is C20H23N5O2S. The molecule has 146 valence electrons. The van der Waals surface area contributed by atoms with Gasteiger partial charge in [0.15, 0.2) is 22.1 Å². The number of nitrogens with zero attached hydrogens (tertiary/aromatic N) is 5. The van der Waals surface area contributed by atoms with Crippen molar-refractivity contribution >= 4 is 12.2 Å². The monoisotopic (exact) mass is 397 g/mol. The van der Waals surface area contributed by atoms with Crippen LogP contribution in [0.1, 0.15) is 11.1 Å². The molecule has 0 atom stereocenters. The normalized spacial score (nSPS) is 14.0. The number of hydrogen-bond donors (Lipinski definition) is 0. The van der Waals surface area contributed by atoms with Crippen molar-refractivity contribution in [2.45, 2.75) is 19.6 Å². The van der Waals surface area contributed by atoms with E-state index in [-0.39, 0.29) is 0 Å². The van der Waals surface area contributed by atoms with Gasteiger partial charge in [-0.25, -0.2) is 4.68 Å². The Morgan fingerprint density at radius 2 is 1.75 bits per heavy atom. The van der Waals surface area contributed by atoms with Crippen LogP contribution in [0.2, 0.25) is 0 Å². The van der Waals surface area contributed by atoms with Crippen LogP contribution in [0.3, 0.4) is 0 Å². The Labute approximate surface area is 169 Å². The van der Waals surface area contributed by atoms with Gasteiger partial charge in [-0.1, -0.05) is 0 Å². The first-order valence-corrected chi connectivity index (χ1v) is 9.52. The van der Waals surface area contributed by atoms with E-state index in [1.54, 1.807) is 26.6 Å². The highest BCUT2D eigenvalue weighted by atomic mass is 32.1. The summed E-state index contributed by atoms with van der Waals surface area (Å²) in [5.74, 6) is 2.39. The predicted octanol–water partition coefficient (Wildman–Crippen LogP) is 3.05. The lowest BCUT2D eigenvalue weighted by molar-refractivity contribution is 0.187. The molecule has 0 unspecified atom stereocenters. The minimum Gasteiger partial charge on any atom is -0.493 e. The molecular weight excluding hydrogens is 374 g/mol. The van der Waals surface area contributed by atoms with Crippen LogP contribution < -0.4 is 9.47 Å². The largest absolute Gasteiger partial charge is 0.493 e. The Kier molecular flexibility index (Phi) is 5.15. The van der Waals surface area contributed by atoms with Crippen molar-refractivity contribution in [2.24, 2.45) is 7.05 Å². The summed E-state index contributed by atoms with van der Waals surface area (Å²) in [5.41, 5.74) is 3.56. The number of rotatable bonds is 5. The van der Waals surface area contributed by atoms with Crippen molar-refractivity contribution in [2.75, 3.05) is 20.8 Å². The fourth-order valence-electron chi connectivity index (χ4n) is 3.58. The van der Waals surface area contributed by atoms with Gasteiger partial charge in [0.05, 0.1) is 20.9 Å². The molecule has 7 nitrogen and oxygen atoms in total. The van der Waals surface area contributed by atoms with E-state index in [9.17, 15) is 0 Å². The number of hydrogen-bond acceptors (Lipinski definition) is 6. The minimum absolute atomic E-state index is 0.644. The molecule has 0 saturated heterocycles. The first-order valence-electron chi connectivity index (χ1n) is 9.11. The average Bonchev–Trinajstić information content (AvgIpc) is 3.01. The van der Waals surface area contributed by atoms with Crippen LogP contribution in [0.5, 0.6) is 11.5 Å². The number of benzene rings is 1. The van der Waals surface area contributed by atoms with Crippen LogP contribution in [0.4, 0.5) is 0 Å². The maximum atomic E-state index is 5.62. The molecule has 0 N–H and O–H groups in total. The van der Waals surface area contributed by atoms with Gasteiger partial charge in [0.1, 0.15) is 0 Å². The molecule has 0 aliphatic carbocycles. The molecule has 28 heavy (non-hydrogen) atoms. The lowest BCUT2D eigenvalue weighted by Gasteiger charge is -2.29. The molecule has 1 aromatic carbocycles. The van der Waals surface area contributed by atoms with Crippen molar-refractivity contribution in [3.63, 3.8) is 0 Å². The van der Waals surface area contributed by atoms with Gasteiger partial charge in [-0.05, 0) is 54.0 Å². The van der Waals surface area contributed by atoms with Gasteiger partial charge in [0, 0.05) is 38.1 Å². The summed E-state index contributed by atoms with van der Waals surface area (Å²) in [6.45, 7) is 2.40. The lowest BCUT2D eigenvalue weighted by Crippen LogP contribution is -2.32. The molecule has 2 aromatic heterocycles. The zero-order chi connectivity index (χ0) is 19.7. The van der Waals surface area contributed by atoms with E-state index in [4.69, 9.17) is 26.8 Å². The smallest absolute Gasteiger partial charge is 0.199 e. The zero-order valence-electron chi connectivity index (χ0n) is 16.3. The molecule has 1 aliphatic heterocycles. The van der Waals surface area contributed by atoms with E-state index in [0.717, 1.165) is 42.4 Å². The summed E-state index contributed by atoms with van der Waals surface area (Å²) in [4.78, 5) is 6.41. The van der Waals surface area contributed by atoms with Crippen LogP contribution in [0.25, 0.3) is 11.4 Å². The molecule has 1 aliphatic rings. The highest BCUT2D eigenvalue weighted by Crippen LogP contribution is 2.33. The lowest BCUT2D eigenvalue weighted by atomic mass is 9.99. The summed E-state index contributed by atoms with van der Waals surface area (Å²) < 4.78 is 15.4. The van der Waals surface area contributed by atoms with Gasteiger partial charge >= 0.3 is 0 Å². The van der Waals surface area contributed by atoms with E-state index >= 15 is 0 Å². The SMILES string of the molecule is COc1cc2c(cc1OC)CN(Cn1nc(-c3ccncc3)n(C)c1=S)CC2. The van der Waals surface area contributed by atoms with Crippen molar-refractivity contribution in [1.82, 2.24) is 24.2 Å². The summed E-state index contributed by atoms with van der Waals surface area (Å²) in [5, 5.41) is 4.75. The number of fused-ring (bicyclic) bond motifs is 1. The van der Waals surface area contributed by atoms with Crippen LogP contribution in [0, 0.1) is 4.77 Å². The third-order valence-electron chi connectivity index (χ3n) is 5.11. The molecule has 0 amide bonds. The molecule has 4 rings (SSSR count). The third-order valence-corrected chi connectivity index (χ3v) is 5.60. The molecule has 0 saturated carbocycles. The second kappa shape index (κ2) is 7.73. The fraction of sp³-hybridized carbons (Fsp3) is 0.350. The van der Waals surface area contributed by atoms with Gasteiger partial charge in [0.25, 0.3) is 0 Å². The second-order valence-electron chi connectivity index (χ2n) is 6.82. The summed E-state index contributed by atoms with van der Waals surface area (Å²) in [6, 6.07) is 8.04. The molecule has 3 aromatic rings. The topological polar surface area (TPSA) is 57.3 Å². The van der Waals surface area contributed by atoms with Crippen molar-refractivity contribution < 1.29 is 9.47 Å². The quantitative estimate of drug-likeness (QED) is 0.617. The zero-order valence-corrected chi connectivity index (χ0v) is 17.1. The van der Waals surface area contributed by atoms with Crippen LogP contribution >= 0.6 is 12.2 Å². The first-order chi connectivity index (χ1) is 13.6. The average molecular weight is 398 g/mol. The Morgan fingerprint density at radius 3 is 2.43 bits per heavy atom. The summed E-state index contributed by atoms with van der Waals surface area (Å²) >= 11 is 5.62. The van der Waals surface area contributed by atoms with Crippen LogP contribution in [-0.2, 0) is 26.7 Å². The summed E-state index contributed by atoms with van der Waals surface area (Å²) in [6.07, 6.45) is 4.48. The maximum absolute atomic E-state index is 5.62. The number of pyridine rings is 1. The molecule has 3 heterocycles.